The van der Waals surface area contributed by atoms with Crippen molar-refractivity contribution in [1.82, 2.24) is 20.1 Å². The molecule has 2 aromatic rings. The molecule has 1 atom stereocenters. The quantitative estimate of drug-likeness (QED) is 0.861. The van der Waals surface area contributed by atoms with Crippen molar-refractivity contribution in [1.29, 1.82) is 0 Å². The third kappa shape index (κ3) is 3.54. The summed E-state index contributed by atoms with van der Waals surface area (Å²) in [4.78, 5) is 12.1. The van der Waals surface area contributed by atoms with Crippen molar-refractivity contribution in [3.63, 3.8) is 0 Å². The highest BCUT2D eigenvalue weighted by Crippen LogP contribution is 2.29. The molecule has 0 aliphatic heterocycles. The van der Waals surface area contributed by atoms with E-state index in [9.17, 15) is 9.18 Å². The molecular formula is C14H19FN4OS. The maximum Gasteiger partial charge on any atom is 0.343 e. The molecule has 0 saturated heterocycles. The van der Waals surface area contributed by atoms with Gasteiger partial charge < -0.3 is 5.32 Å². The van der Waals surface area contributed by atoms with Gasteiger partial charge in [-0.1, -0.05) is 13.0 Å². The third-order valence-electron chi connectivity index (χ3n) is 3.26. The highest BCUT2D eigenvalue weighted by Gasteiger charge is 2.13. The summed E-state index contributed by atoms with van der Waals surface area (Å²) < 4.78 is 15.7. The standard InChI is InChI=1S/C14H19FN4OS/c1-4-7-19-13(20)17-18-14(19)21-12-6-5-10(8-11(12)15)9(2)16-3/h5-6,8-9,16H,4,7H2,1-3H3,(H,17,20). The van der Waals surface area contributed by atoms with Crippen LogP contribution in [0.3, 0.4) is 0 Å². The van der Waals surface area contributed by atoms with Gasteiger partial charge in [-0.15, -0.1) is 5.10 Å². The number of hydrogen-bond acceptors (Lipinski definition) is 4. The average Bonchev–Trinajstić information content (AvgIpc) is 2.82. The molecular weight excluding hydrogens is 291 g/mol. The molecule has 1 unspecified atom stereocenters. The van der Waals surface area contributed by atoms with E-state index in [0.29, 0.717) is 16.6 Å². The summed E-state index contributed by atoms with van der Waals surface area (Å²) in [5, 5.41) is 9.91. The van der Waals surface area contributed by atoms with Crippen LogP contribution in [0.5, 0.6) is 0 Å². The Bertz CT molecular complexity index is 667. The number of aromatic nitrogens is 3. The van der Waals surface area contributed by atoms with Crippen LogP contribution in [0, 0.1) is 5.82 Å². The number of hydrogen-bond donors (Lipinski definition) is 2. The molecule has 2 N–H and O–H groups in total. The minimum Gasteiger partial charge on any atom is -0.313 e. The van der Waals surface area contributed by atoms with Gasteiger partial charge in [0.25, 0.3) is 0 Å². The second kappa shape index (κ2) is 6.91. The Labute approximate surface area is 127 Å². The van der Waals surface area contributed by atoms with Crippen LogP contribution in [0.2, 0.25) is 0 Å². The van der Waals surface area contributed by atoms with Crippen molar-refractivity contribution in [3.8, 4) is 0 Å². The maximum atomic E-state index is 14.2. The first-order valence-corrected chi connectivity index (χ1v) is 7.68. The summed E-state index contributed by atoms with van der Waals surface area (Å²) in [6.45, 7) is 4.50. The van der Waals surface area contributed by atoms with Gasteiger partial charge in [0, 0.05) is 12.6 Å². The van der Waals surface area contributed by atoms with Gasteiger partial charge >= 0.3 is 5.69 Å². The summed E-state index contributed by atoms with van der Waals surface area (Å²) in [5.41, 5.74) is 0.618. The zero-order chi connectivity index (χ0) is 15.4. The van der Waals surface area contributed by atoms with Gasteiger partial charge in [-0.05, 0) is 49.9 Å². The number of H-pyrrole nitrogens is 1. The molecule has 0 aliphatic carbocycles. The zero-order valence-electron chi connectivity index (χ0n) is 12.3. The van der Waals surface area contributed by atoms with Crippen molar-refractivity contribution < 1.29 is 4.39 Å². The van der Waals surface area contributed by atoms with Crippen molar-refractivity contribution in [2.75, 3.05) is 7.05 Å². The molecule has 1 heterocycles. The molecule has 1 aromatic heterocycles. The molecule has 2 rings (SSSR count). The van der Waals surface area contributed by atoms with Gasteiger partial charge in [-0.25, -0.2) is 14.3 Å². The Balaban J connectivity index is 2.26. The number of nitrogens with zero attached hydrogens (tertiary/aromatic N) is 2. The fourth-order valence-corrected chi connectivity index (χ4v) is 2.80. The largest absolute Gasteiger partial charge is 0.343 e. The predicted octanol–water partition coefficient (Wildman–Crippen LogP) is 2.55. The van der Waals surface area contributed by atoms with Crippen LogP contribution in [-0.4, -0.2) is 21.8 Å². The van der Waals surface area contributed by atoms with Crippen LogP contribution in [0.4, 0.5) is 4.39 Å². The van der Waals surface area contributed by atoms with Crippen LogP contribution in [-0.2, 0) is 6.54 Å². The molecule has 114 valence electrons. The Morgan fingerprint density at radius 2 is 2.29 bits per heavy atom. The summed E-state index contributed by atoms with van der Waals surface area (Å²) in [6.07, 6.45) is 0.814. The lowest BCUT2D eigenvalue weighted by Crippen LogP contribution is -2.17. The molecule has 0 amide bonds. The van der Waals surface area contributed by atoms with Gasteiger partial charge in [-0.2, -0.15) is 0 Å². The van der Waals surface area contributed by atoms with E-state index >= 15 is 0 Å². The number of nitrogens with one attached hydrogen (secondary N) is 2. The van der Waals surface area contributed by atoms with Gasteiger partial charge in [0.2, 0.25) is 0 Å². The van der Waals surface area contributed by atoms with Gasteiger partial charge in [0.05, 0.1) is 4.90 Å². The lowest BCUT2D eigenvalue weighted by molar-refractivity contribution is 0.583. The molecule has 0 radical (unpaired) electrons. The molecule has 0 bridgehead atoms. The molecule has 0 saturated carbocycles. The van der Waals surface area contributed by atoms with Crippen molar-refractivity contribution in [3.05, 3.63) is 40.1 Å². The first-order chi connectivity index (χ1) is 10.1. The topological polar surface area (TPSA) is 62.7 Å². The molecule has 21 heavy (non-hydrogen) atoms. The molecule has 1 aromatic carbocycles. The second-order valence-corrected chi connectivity index (χ2v) is 5.77. The summed E-state index contributed by atoms with van der Waals surface area (Å²) >= 11 is 1.15. The molecule has 5 nitrogen and oxygen atoms in total. The zero-order valence-corrected chi connectivity index (χ0v) is 13.1. The first kappa shape index (κ1) is 15.8. The Morgan fingerprint density at radius 1 is 1.52 bits per heavy atom. The number of benzene rings is 1. The summed E-state index contributed by atoms with van der Waals surface area (Å²) in [6, 6.07) is 5.20. The molecule has 0 aliphatic rings. The smallest absolute Gasteiger partial charge is 0.313 e. The second-order valence-electron chi connectivity index (χ2n) is 4.77. The van der Waals surface area contributed by atoms with E-state index in [0.717, 1.165) is 23.7 Å². The minimum atomic E-state index is -0.307. The van der Waals surface area contributed by atoms with Crippen molar-refractivity contribution in [2.45, 2.75) is 42.9 Å². The highest BCUT2D eigenvalue weighted by molar-refractivity contribution is 7.99. The van der Waals surface area contributed by atoms with Gasteiger partial charge in [0.1, 0.15) is 5.82 Å². The Morgan fingerprint density at radius 3 is 2.90 bits per heavy atom. The predicted molar refractivity (Wildman–Crippen MR) is 81.1 cm³/mol. The van der Waals surface area contributed by atoms with E-state index in [1.165, 1.54) is 10.6 Å². The summed E-state index contributed by atoms with van der Waals surface area (Å²) in [7, 11) is 1.83. The van der Waals surface area contributed by atoms with E-state index in [-0.39, 0.29) is 17.5 Å². The van der Waals surface area contributed by atoms with E-state index < -0.39 is 0 Å². The molecule has 0 spiro atoms. The number of aromatic amines is 1. The average molecular weight is 310 g/mol. The number of rotatable bonds is 6. The van der Waals surface area contributed by atoms with Crippen molar-refractivity contribution in [2.24, 2.45) is 0 Å². The number of halogens is 1. The van der Waals surface area contributed by atoms with Crippen LogP contribution in [0.25, 0.3) is 0 Å². The van der Waals surface area contributed by atoms with Crippen LogP contribution in [0.1, 0.15) is 31.9 Å². The Kier molecular flexibility index (Phi) is 5.19. The van der Waals surface area contributed by atoms with Crippen LogP contribution in [0.15, 0.2) is 33.0 Å². The minimum absolute atomic E-state index is 0.0854. The molecule has 7 heteroatoms. The van der Waals surface area contributed by atoms with Crippen LogP contribution >= 0.6 is 11.8 Å². The fourth-order valence-electron chi connectivity index (χ4n) is 1.94. The maximum absolute atomic E-state index is 14.2. The van der Waals surface area contributed by atoms with E-state index in [2.05, 4.69) is 15.5 Å². The third-order valence-corrected chi connectivity index (χ3v) is 4.31. The lowest BCUT2D eigenvalue weighted by Gasteiger charge is -2.12. The van der Waals surface area contributed by atoms with Crippen LogP contribution < -0.4 is 11.0 Å². The van der Waals surface area contributed by atoms with E-state index in [1.807, 2.05) is 27.0 Å². The SMILES string of the molecule is CCCn1c(Sc2ccc(C(C)NC)cc2F)n[nH]c1=O. The fraction of sp³-hybridized carbons (Fsp3) is 0.429. The normalized spacial score (nSPS) is 12.6. The molecule has 0 fully saturated rings. The summed E-state index contributed by atoms with van der Waals surface area (Å²) in [5.74, 6) is -0.307. The first-order valence-electron chi connectivity index (χ1n) is 6.86. The lowest BCUT2D eigenvalue weighted by atomic mass is 10.1. The Hall–Kier alpha value is -1.60. The van der Waals surface area contributed by atoms with E-state index in [1.54, 1.807) is 6.07 Å². The van der Waals surface area contributed by atoms with E-state index in [4.69, 9.17) is 0 Å². The van der Waals surface area contributed by atoms with Crippen molar-refractivity contribution >= 4 is 11.8 Å². The monoisotopic (exact) mass is 310 g/mol. The highest BCUT2D eigenvalue weighted by atomic mass is 32.2. The van der Waals surface area contributed by atoms with Gasteiger partial charge in [0.15, 0.2) is 5.16 Å². The van der Waals surface area contributed by atoms with Gasteiger partial charge in [-0.3, -0.25) is 4.57 Å².